The molecule has 176 valence electrons. The van der Waals surface area contributed by atoms with Gasteiger partial charge in [0.25, 0.3) is 0 Å². The predicted octanol–water partition coefficient (Wildman–Crippen LogP) is 6.09. The van der Waals surface area contributed by atoms with E-state index in [0.717, 1.165) is 24.2 Å². The van der Waals surface area contributed by atoms with Crippen molar-refractivity contribution in [1.82, 2.24) is 15.1 Å². The van der Waals surface area contributed by atoms with Crippen LogP contribution in [0.4, 0.5) is 26.4 Å². The number of amides is 2. The molecule has 4 rings (SSSR count). The largest absolute Gasteiger partial charge is 0.382 e. The summed E-state index contributed by atoms with van der Waals surface area (Å²) in [7, 11) is 0. The molecule has 0 saturated carbocycles. The molecule has 0 unspecified atom stereocenters. The molecule has 5 N–H and O–H groups in total. The lowest BCUT2D eigenvalue weighted by Gasteiger charge is -2.19. The number of aromatic nitrogens is 2. The zero-order chi connectivity index (χ0) is 24.2. The van der Waals surface area contributed by atoms with Crippen LogP contribution in [0.5, 0.6) is 0 Å². The molecular weight excluding hydrogens is 455 g/mol. The van der Waals surface area contributed by atoms with Gasteiger partial charge in [0.1, 0.15) is 5.52 Å². The third-order valence-corrected chi connectivity index (χ3v) is 5.94. The number of anilines is 3. The number of hydrogen-bond acceptors (Lipinski definition) is 4. The maximum absolute atomic E-state index is 15.2. The summed E-state index contributed by atoms with van der Waals surface area (Å²) in [6.45, 7) is 6.19. The summed E-state index contributed by atoms with van der Waals surface area (Å²) in [6.07, 6.45) is 0. The zero-order valence-corrected chi connectivity index (χ0v) is 19.7. The van der Waals surface area contributed by atoms with E-state index in [9.17, 15) is 4.79 Å². The molecule has 0 radical (unpaired) electrons. The highest BCUT2D eigenvalue weighted by molar-refractivity contribution is 6.30. The quantitative estimate of drug-likeness (QED) is 0.257. The molecule has 9 heteroatoms. The number of hydrogen-bond donors (Lipinski definition) is 4. The van der Waals surface area contributed by atoms with E-state index >= 15 is 4.39 Å². The first kappa shape index (κ1) is 23.5. The minimum absolute atomic E-state index is 0.237. The first-order valence-electron chi connectivity index (χ1n) is 11.0. The van der Waals surface area contributed by atoms with Gasteiger partial charge < -0.3 is 16.4 Å². The molecular formula is C25H26ClFN6O. The third-order valence-electron chi connectivity index (χ3n) is 5.71. The van der Waals surface area contributed by atoms with Crippen LogP contribution in [0.15, 0.2) is 54.6 Å². The molecule has 7 nitrogen and oxygen atoms in total. The Kier molecular flexibility index (Phi) is 7.00. The summed E-state index contributed by atoms with van der Waals surface area (Å²) >= 11 is 5.96. The van der Waals surface area contributed by atoms with Crippen molar-refractivity contribution in [3.8, 4) is 11.1 Å². The van der Waals surface area contributed by atoms with Gasteiger partial charge in [-0.15, -0.1) is 0 Å². The van der Waals surface area contributed by atoms with Crippen molar-refractivity contribution < 1.29 is 9.18 Å². The molecule has 0 bridgehead atoms. The van der Waals surface area contributed by atoms with E-state index in [-0.39, 0.29) is 17.7 Å². The Balaban J connectivity index is 1.61. The van der Waals surface area contributed by atoms with Gasteiger partial charge in [-0.3, -0.25) is 10.00 Å². The number of fused-ring (bicyclic) bond motifs is 1. The highest BCUT2D eigenvalue weighted by atomic mass is 35.5. The smallest absolute Gasteiger partial charge is 0.323 e. The van der Waals surface area contributed by atoms with Crippen LogP contribution in [-0.2, 0) is 6.54 Å². The second kappa shape index (κ2) is 10.1. The van der Waals surface area contributed by atoms with E-state index in [2.05, 4.69) is 25.7 Å². The van der Waals surface area contributed by atoms with Gasteiger partial charge in [-0.2, -0.15) is 5.10 Å². The lowest BCUT2D eigenvalue weighted by molar-refractivity contribution is 0.262. The van der Waals surface area contributed by atoms with Crippen molar-refractivity contribution in [3.63, 3.8) is 0 Å². The van der Waals surface area contributed by atoms with Gasteiger partial charge in [0.15, 0.2) is 11.6 Å². The number of urea groups is 1. The number of aromatic amines is 1. The maximum atomic E-state index is 15.2. The Morgan fingerprint density at radius 1 is 1.09 bits per heavy atom. The van der Waals surface area contributed by atoms with E-state index in [0.29, 0.717) is 39.4 Å². The summed E-state index contributed by atoms with van der Waals surface area (Å²) < 4.78 is 15.2. The van der Waals surface area contributed by atoms with Gasteiger partial charge >= 0.3 is 6.03 Å². The Hall–Kier alpha value is -3.62. The Bertz CT molecular complexity index is 1320. The van der Waals surface area contributed by atoms with Crippen LogP contribution in [-0.4, -0.2) is 34.2 Å². The Labute approximate surface area is 202 Å². The lowest BCUT2D eigenvalue weighted by atomic mass is 9.97. The summed E-state index contributed by atoms with van der Waals surface area (Å²) in [4.78, 5) is 14.5. The second-order valence-electron chi connectivity index (χ2n) is 7.88. The average molecular weight is 481 g/mol. The maximum Gasteiger partial charge on any atom is 0.323 e. The van der Waals surface area contributed by atoms with Crippen LogP contribution < -0.4 is 16.4 Å². The number of H-pyrrole nitrogens is 1. The first-order valence-corrected chi connectivity index (χ1v) is 11.4. The van der Waals surface area contributed by atoms with Crippen LogP contribution in [0, 0.1) is 5.82 Å². The summed E-state index contributed by atoms with van der Waals surface area (Å²) in [6, 6.07) is 15.6. The monoisotopic (exact) mass is 480 g/mol. The van der Waals surface area contributed by atoms with E-state index < -0.39 is 0 Å². The molecule has 0 aliphatic heterocycles. The average Bonchev–Trinajstić information content (AvgIpc) is 3.21. The summed E-state index contributed by atoms with van der Waals surface area (Å²) in [5.41, 5.74) is 9.73. The fourth-order valence-corrected chi connectivity index (χ4v) is 4.07. The number of carbonyl (C=O) groups is 1. The molecule has 0 atom stereocenters. The first-order chi connectivity index (χ1) is 16.4. The van der Waals surface area contributed by atoms with Crippen LogP contribution >= 0.6 is 11.6 Å². The van der Waals surface area contributed by atoms with Gasteiger partial charge in [0, 0.05) is 28.5 Å². The van der Waals surface area contributed by atoms with Crippen molar-refractivity contribution in [2.75, 3.05) is 29.5 Å². The Morgan fingerprint density at radius 3 is 2.47 bits per heavy atom. The SMILES string of the molecule is CCN(CC)Cc1cc(-c2ccc(NC(=O)Nc3cccc(Cl)c3)cc2)c2c(N)n[nH]c2c1F. The number of nitrogens with zero attached hydrogens (tertiary/aromatic N) is 2. The van der Waals surface area contributed by atoms with Crippen LogP contribution in [0.25, 0.3) is 22.0 Å². The Morgan fingerprint density at radius 2 is 1.79 bits per heavy atom. The van der Waals surface area contributed by atoms with Gasteiger partial charge in [-0.05, 0) is 60.6 Å². The number of nitrogens with one attached hydrogen (secondary N) is 3. The number of benzene rings is 3. The molecule has 34 heavy (non-hydrogen) atoms. The molecule has 0 spiro atoms. The van der Waals surface area contributed by atoms with Gasteiger partial charge in [0.05, 0.1) is 5.39 Å². The second-order valence-corrected chi connectivity index (χ2v) is 8.32. The lowest BCUT2D eigenvalue weighted by Crippen LogP contribution is -2.22. The molecule has 0 fully saturated rings. The van der Waals surface area contributed by atoms with Crippen LogP contribution in [0.2, 0.25) is 5.02 Å². The van der Waals surface area contributed by atoms with Crippen molar-refractivity contribution >= 4 is 45.7 Å². The molecule has 1 aromatic heterocycles. The summed E-state index contributed by atoms with van der Waals surface area (Å²) in [5.74, 6) is -0.104. The van der Waals surface area contributed by atoms with Crippen LogP contribution in [0.3, 0.4) is 0 Å². The van der Waals surface area contributed by atoms with Crippen molar-refractivity contribution in [3.05, 3.63) is 71.0 Å². The van der Waals surface area contributed by atoms with Gasteiger partial charge in [-0.25, -0.2) is 9.18 Å². The minimum Gasteiger partial charge on any atom is -0.382 e. The molecule has 4 aromatic rings. The normalized spacial score (nSPS) is 11.2. The number of nitrogens with two attached hydrogens (primary N) is 1. The zero-order valence-electron chi connectivity index (χ0n) is 19.0. The molecule has 3 aromatic carbocycles. The number of nitrogen functional groups attached to an aromatic ring is 1. The third kappa shape index (κ3) is 4.98. The van der Waals surface area contributed by atoms with E-state index in [1.165, 1.54) is 0 Å². The topological polar surface area (TPSA) is 99.1 Å². The number of halogens is 2. The van der Waals surface area contributed by atoms with E-state index in [1.54, 1.807) is 36.4 Å². The van der Waals surface area contributed by atoms with Crippen molar-refractivity contribution in [1.29, 1.82) is 0 Å². The van der Waals surface area contributed by atoms with E-state index in [4.69, 9.17) is 17.3 Å². The fraction of sp³-hybridized carbons (Fsp3) is 0.200. The van der Waals surface area contributed by atoms with Gasteiger partial charge in [-0.1, -0.05) is 43.6 Å². The summed E-state index contributed by atoms with van der Waals surface area (Å²) in [5, 5.41) is 13.4. The number of carbonyl (C=O) groups excluding carboxylic acids is 1. The molecule has 2 amide bonds. The fourth-order valence-electron chi connectivity index (χ4n) is 3.88. The minimum atomic E-state index is -0.389. The highest BCUT2D eigenvalue weighted by Crippen LogP contribution is 2.35. The number of rotatable bonds is 7. The highest BCUT2D eigenvalue weighted by Gasteiger charge is 2.19. The predicted molar refractivity (Wildman–Crippen MR) is 137 cm³/mol. The molecule has 0 aliphatic carbocycles. The van der Waals surface area contributed by atoms with E-state index in [1.807, 2.05) is 32.0 Å². The molecule has 0 aliphatic rings. The van der Waals surface area contributed by atoms with Crippen molar-refractivity contribution in [2.24, 2.45) is 0 Å². The molecule has 1 heterocycles. The molecule has 0 saturated heterocycles. The van der Waals surface area contributed by atoms with Gasteiger partial charge in [0.2, 0.25) is 0 Å². The standard InChI is InChI=1S/C25H26ClFN6O/c1-3-33(4-2)14-16-12-20(21-23(22(16)27)31-32-24(21)28)15-8-10-18(11-9-15)29-25(34)30-19-7-5-6-17(26)13-19/h5-13H,3-4,14H2,1-2H3,(H3,28,31,32)(H2,29,30,34). The van der Waals surface area contributed by atoms with Crippen molar-refractivity contribution in [2.45, 2.75) is 20.4 Å². The van der Waals surface area contributed by atoms with Crippen LogP contribution in [0.1, 0.15) is 19.4 Å².